The number of benzene rings is 1. The smallest absolute Gasteiger partial charge is 0.123 e. The van der Waals surface area contributed by atoms with E-state index < -0.39 is 0 Å². The van der Waals surface area contributed by atoms with Crippen LogP contribution in [0.2, 0.25) is 0 Å². The van der Waals surface area contributed by atoms with Gasteiger partial charge >= 0.3 is 0 Å². The van der Waals surface area contributed by atoms with Crippen molar-refractivity contribution in [3.8, 4) is 0 Å². The number of nitrogens with zero attached hydrogens (tertiary/aromatic N) is 1. The Labute approximate surface area is 108 Å². The van der Waals surface area contributed by atoms with E-state index in [1.54, 1.807) is 0 Å². The van der Waals surface area contributed by atoms with Crippen molar-refractivity contribution in [2.24, 2.45) is 5.73 Å². The Hall–Kier alpha value is -1.00. The van der Waals surface area contributed by atoms with Crippen molar-refractivity contribution >= 4 is 17.2 Å². The van der Waals surface area contributed by atoms with Gasteiger partial charge in [-0.25, -0.2) is 4.39 Å². The first-order valence-electron chi connectivity index (χ1n) is 5.76. The van der Waals surface area contributed by atoms with Crippen LogP contribution >= 0.6 is 12.2 Å². The summed E-state index contributed by atoms with van der Waals surface area (Å²) in [5.41, 5.74) is 6.61. The molecule has 1 aromatic carbocycles. The molecule has 0 bridgehead atoms. The molecule has 4 heteroatoms. The van der Waals surface area contributed by atoms with E-state index in [9.17, 15) is 4.39 Å². The number of halogens is 1. The van der Waals surface area contributed by atoms with Gasteiger partial charge in [0.1, 0.15) is 5.82 Å². The fourth-order valence-electron chi connectivity index (χ4n) is 1.60. The molecule has 1 rings (SSSR count). The number of thiocarbonyl (C=S) groups is 1. The minimum absolute atomic E-state index is 0.201. The average Bonchev–Trinajstić information content (AvgIpc) is 2.26. The molecule has 2 nitrogen and oxygen atoms in total. The topological polar surface area (TPSA) is 29.3 Å². The molecule has 0 unspecified atom stereocenters. The van der Waals surface area contributed by atoms with Crippen molar-refractivity contribution in [2.75, 3.05) is 6.54 Å². The summed E-state index contributed by atoms with van der Waals surface area (Å²) >= 11 is 4.88. The van der Waals surface area contributed by atoms with Crippen LogP contribution < -0.4 is 5.73 Å². The van der Waals surface area contributed by atoms with Crippen molar-refractivity contribution in [3.05, 3.63) is 35.6 Å². The zero-order valence-corrected chi connectivity index (χ0v) is 11.1. The Morgan fingerprint density at radius 1 is 1.35 bits per heavy atom. The molecular formula is C13H19FN2S. The van der Waals surface area contributed by atoms with Crippen molar-refractivity contribution in [2.45, 2.75) is 32.9 Å². The number of hydrogen-bond acceptors (Lipinski definition) is 2. The summed E-state index contributed by atoms with van der Waals surface area (Å²) in [4.78, 5) is 2.81. The molecule has 17 heavy (non-hydrogen) atoms. The second-order valence-electron chi connectivity index (χ2n) is 4.41. The zero-order valence-electron chi connectivity index (χ0n) is 10.3. The first-order chi connectivity index (χ1) is 7.99. The molecule has 0 spiro atoms. The molecular weight excluding hydrogens is 235 g/mol. The lowest BCUT2D eigenvalue weighted by Crippen LogP contribution is -2.33. The summed E-state index contributed by atoms with van der Waals surface area (Å²) in [5.74, 6) is -0.201. The van der Waals surface area contributed by atoms with Crippen molar-refractivity contribution in [1.82, 2.24) is 4.90 Å². The summed E-state index contributed by atoms with van der Waals surface area (Å²) in [6.07, 6.45) is 0.717. The molecule has 0 radical (unpaired) electrons. The highest BCUT2D eigenvalue weighted by Crippen LogP contribution is 2.10. The molecule has 0 fully saturated rings. The maximum atomic E-state index is 12.8. The van der Waals surface area contributed by atoms with Crippen LogP contribution in [0, 0.1) is 5.82 Å². The lowest BCUT2D eigenvalue weighted by Gasteiger charge is -2.26. The third kappa shape index (κ3) is 5.24. The summed E-state index contributed by atoms with van der Waals surface area (Å²) in [6, 6.07) is 7.01. The molecule has 0 atom stereocenters. The lowest BCUT2D eigenvalue weighted by atomic mass is 10.2. The van der Waals surface area contributed by atoms with E-state index in [1.807, 2.05) is 12.1 Å². The van der Waals surface area contributed by atoms with Gasteiger partial charge in [0.2, 0.25) is 0 Å². The molecule has 0 heterocycles. The Kier molecular flexibility index (Phi) is 5.51. The van der Waals surface area contributed by atoms with Crippen molar-refractivity contribution in [1.29, 1.82) is 0 Å². The maximum absolute atomic E-state index is 12.8. The monoisotopic (exact) mass is 254 g/mol. The normalized spacial score (nSPS) is 11.1. The first-order valence-corrected chi connectivity index (χ1v) is 6.16. The van der Waals surface area contributed by atoms with Gasteiger partial charge in [-0.05, 0) is 31.5 Å². The van der Waals surface area contributed by atoms with Gasteiger partial charge in [-0.15, -0.1) is 0 Å². The molecule has 0 aliphatic heterocycles. The van der Waals surface area contributed by atoms with Crippen LogP contribution in [-0.4, -0.2) is 22.5 Å². The van der Waals surface area contributed by atoms with Gasteiger partial charge in [-0.2, -0.15) is 0 Å². The SMILES string of the molecule is CC(C)N(CCC(N)=S)Cc1ccc(F)cc1. The largest absolute Gasteiger partial charge is 0.393 e. The Bertz CT molecular complexity index is 362. The number of hydrogen-bond donors (Lipinski definition) is 1. The van der Waals surface area contributed by atoms with Crippen LogP contribution in [0.15, 0.2) is 24.3 Å². The highest BCUT2D eigenvalue weighted by Gasteiger charge is 2.10. The van der Waals surface area contributed by atoms with Crippen LogP contribution in [0.1, 0.15) is 25.8 Å². The predicted molar refractivity (Wildman–Crippen MR) is 73.3 cm³/mol. The molecule has 0 saturated carbocycles. The van der Waals surface area contributed by atoms with Crippen LogP contribution in [0.3, 0.4) is 0 Å². The van der Waals surface area contributed by atoms with Gasteiger partial charge in [-0.1, -0.05) is 24.4 Å². The minimum atomic E-state index is -0.201. The number of rotatable bonds is 6. The molecule has 2 N–H and O–H groups in total. The molecule has 0 saturated heterocycles. The molecule has 0 aliphatic rings. The van der Waals surface area contributed by atoms with Gasteiger partial charge < -0.3 is 5.73 Å². The second-order valence-corrected chi connectivity index (χ2v) is 4.93. The van der Waals surface area contributed by atoms with Crippen molar-refractivity contribution in [3.63, 3.8) is 0 Å². The van der Waals surface area contributed by atoms with E-state index in [0.29, 0.717) is 17.5 Å². The Morgan fingerprint density at radius 2 is 1.94 bits per heavy atom. The molecule has 0 amide bonds. The third-order valence-electron chi connectivity index (χ3n) is 2.67. The Balaban J connectivity index is 2.60. The third-order valence-corrected chi connectivity index (χ3v) is 2.88. The van der Waals surface area contributed by atoms with Gasteiger partial charge in [-0.3, -0.25) is 4.90 Å². The molecule has 94 valence electrons. The van der Waals surface area contributed by atoms with Gasteiger partial charge in [0.15, 0.2) is 0 Å². The van der Waals surface area contributed by atoms with E-state index in [4.69, 9.17) is 18.0 Å². The van der Waals surface area contributed by atoms with Crippen LogP contribution in [0.25, 0.3) is 0 Å². The fraction of sp³-hybridized carbons (Fsp3) is 0.462. The maximum Gasteiger partial charge on any atom is 0.123 e. The Morgan fingerprint density at radius 3 is 2.41 bits per heavy atom. The zero-order chi connectivity index (χ0) is 12.8. The molecule has 1 aromatic rings. The average molecular weight is 254 g/mol. The highest BCUT2D eigenvalue weighted by atomic mass is 32.1. The van der Waals surface area contributed by atoms with Gasteiger partial charge in [0, 0.05) is 25.6 Å². The van der Waals surface area contributed by atoms with Gasteiger partial charge in [0.05, 0.1) is 4.99 Å². The van der Waals surface area contributed by atoms with Crippen LogP contribution in [0.5, 0.6) is 0 Å². The van der Waals surface area contributed by atoms with Crippen LogP contribution in [0.4, 0.5) is 4.39 Å². The van der Waals surface area contributed by atoms with E-state index in [-0.39, 0.29) is 5.82 Å². The lowest BCUT2D eigenvalue weighted by molar-refractivity contribution is 0.219. The predicted octanol–water partition coefficient (Wildman–Crippen LogP) is 2.71. The van der Waals surface area contributed by atoms with Crippen LogP contribution in [-0.2, 0) is 6.54 Å². The van der Waals surface area contributed by atoms with Gasteiger partial charge in [0.25, 0.3) is 0 Å². The second kappa shape index (κ2) is 6.67. The first kappa shape index (κ1) is 14.1. The number of nitrogens with two attached hydrogens (primary N) is 1. The summed E-state index contributed by atoms with van der Waals surface area (Å²) in [6.45, 7) is 5.89. The molecule has 0 aromatic heterocycles. The quantitative estimate of drug-likeness (QED) is 0.791. The van der Waals surface area contributed by atoms with E-state index >= 15 is 0 Å². The highest BCUT2D eigenvalue weighted by molar-refractivity contribution is 7.80. The summed E-state index contributed by atoms with van der Waals surface area (Å²) in [7, 11) is 0. The van der Waals surface area contributed by atoms with E-state index in [1.165, 1.54) is 12.1 Å². The summed E-state index contributed by atoms with van der Waals surface area (Å²) in [5, 5.41) is 0. The summed E-state index contributed by atoms with van der Waals surface area (Å²) < 4.78 is 12.8. The minimum Gasteiger partial charge on any atom is -0.393 e. The van der Waals surface area contributed by atoms with E-state index in [0.717, 1.165) is 18.7 Å². The fourth-order valence-corrected chi connectivity index (χ4v) is 1.69. The standard InChI is InChI=1S/C13H19FN2S/c1-10(2)16(8-7-13(15)17)9-11-3-5-12(14)6-4-11/h3-6,10H,7-9H2,1-2H3,(H2,15,17). The van der Waals surface area contributed by atoms with E-state index in [2.05, 4.69) is 18.7 Å². The van der Waals surface area contributed by atoms with Crippen molar-refractivity contribution < 1.29 is 4.39 Å². The molecule has 0 aliphatic carbocycles.